The second-order valence-corrected chi connectivity index (χ2v) is 5.05. The van der Waals surface area contributed by atoms with E-state index in [-0.39, 0.29) is 5.91 Å². The molecule has 2 rings (SSSR count). The summed E-state index contributed by atoms with van der Waals surface area (Å²) in [7, 11) is 2.09. The van der Waals surface area contributed by atoms with Gasteiger partial charge in [-0.1, -0.05) is 0 Å². The molecule has 0 unspecified atom stereocenters. The number of nitrogens with one attached hydrogen (secondary N) is 1. The van der Waals surface area contributed by atoms with E-state index in [1.807, 2.05) is 0 Å². The van der Waals surface area contributed by atoms with Gasteiger partial charge in [-0.15, -0.1) is 11.3 Å². The van der Waals surface area contributed by atoms with Gasteiger partial charge in [0, 0.05) is 37.4 Å². The van der Waals surface area contributed by atoms with Crippen LogP contribution in [0.3, 0.4) is 0 Å². The summed E-state index contributed by atoms with van der Waals surface area (Å²) in [6.45, 7) is 2.34. The number of carbonyl (C=O) groups is 1. The molecule has 0 aromatic carbocycles. The van der Waals surface area contributed by atoms with Crippen LogP contribution in [0.5, 0.6) is 0 Å². The third kappa shape index (κ3) is 2.58. The number of nitrogens with two attached hydrogens (primary N) is 1. The van der Waals surface area contributed by atoms with Gasteiger partial charge >= 0.3 is 0 Å². The Kier molecular flexibility index (Phi) is 3.52. The molecule has 1 aromatic heterocycles. The third-order valence-electron chi connectivity index (χ3n) is 2.54. The van der Waals surface area contributed by atoms with E-state index in [0.29, 0.717) is 18.1 Å². The van der Waals surface area contributed by atoms with Crippen molar-refractivity contribution in [2.45, 2.75) is 19.4 Å². The number of thiazole rings is 1. The third-order valence-corrected chi connectivity index (χ3v) is 3.54. The zero-order valence-electron chi connectivity index (χ0n) is 9.32. The SMILES string of the molecule is CN1CCc2nc(NC(=O)CCN)sc2C1. The summed E-state index contributed by atoms with van der Waals surface area (Å²) in [5, 5.41) is 3.49. The highest BCUT2D eigenvalue weighted by Crippen LogP contribution is 2.27. The minimum atomic E-state index is -0.0537. The molecule has 1 aliphatic rings. The molecule has 3 N–H and O–H groups in total. The topological polar surface area (TPSA) is 71.2 Å². The predicted octanol–water partition coefficient (Wildman–Crippen LogP) is 0.418. The lowest BCUT2D eigenvalue weighted by molar-refractivity contribution is -0.116. The number of fused-ring (bicyclic) bond motifs is 1. The number of aromatic nitrogens is 1. The quantitative estimate of drug-likeness (QED) is 0.803. The molecule has 2 heterocycles. The van der Waals surface area contributed by atoms with Crippen LogP contribution in [-0.4, -0.2) is 35.9 Å². The van der Waals surface area contributed by atoms with Crippen LogP contribution in [0, 0.1) is 0 Å². The van der Waals surface area contributed by atoms with E-state index in [2.05, 4.69) is 22.2 Å². The van der Waals surface area contributed by atoms with Gasteiger partial charge in [0.15, 0.2) is 5.13 Å². The van der Waals surface area contributed by atoms with Crippen LogP contribution in [0.4, 0.5) is 5.13 Å². The van der Waals surface area contributed by atoms with Crippen molar-refractivity contribution in [3.63, 3.8) is 0 Å². The molecule has 1 aromatic rings. The van der Waals surface area contributed by atoms with Gasteiger partial charge in [0.05, 0.1) is 5.69 Å². The first-order valence-electron chi connectivity index (χ1n) is 5.36. The van der Waals surface area contributed by atoms with Crippen molar-refractivity contribution in [3.05, 3.63) is 10.6 Å². The van der Waals surface area contributed by atoms with Crippen LogP contribution >= 0.6 is 11.3 Å². The second-order valence-electron chi connectivity index (χ2n) is 3.96. The van der Waals surface area contributed by atoms with Crippen LogP contribution in [-0.2, 0) is 17.8 Å². The molecule has 1 aliphatic heterocycles. The normalized spacial score (nSPS) is 15.9. The Labute approximate surface area is 98.7 Å². The first-order chi connectivity index (χ1) is 7.69. The molecule has 0 atom stereocenters. The number of amides is 1. The highest BCUT2D eigenvalue weighted by Gasteiger charge is 2.18. The van der Waals surface area contributed by atoms with E-state index in [4.69, 9.17) is 5.73 Å². The monoisotopic (exact) mass is 240 g/mol. The highest BCUT2D eigenvalue weighted by molar-refractivity contribution is 7.15. The Morgan fingerprint density at radius 1 is 1.69 bits per heavy atom. The maximum Gasteiger partial charge on any atom is 0.227 e. The minimum Gasteiger partial charge on any atom is -0.330 e. The molecular formula is C10H16N4OS. The molecule has 0 saturated carbocycles. The average Bonchev–Trinajstić information content (AvgIpc) is 2.59. The van der Waals surface area contributed by atoms with Gasteiger partial charge in [-0.2, -0.15) is 0 Å². The van der Waals surface area contributed by atoms with E-state index in [1.54, 1.807) is 11.3 Å². The summed E-state index contributed by atoms with van der Waals surface area (Å²) in [6, 6.07) is 0. The zero-order chi connectivity index (χ0) is 11.5. The Morgan fingerprint density at radius 3 is 3.25 bits per heavy atom. The second kappa shape index (κ2) is 4.90. The van der Waals surface area contributed by atoms with Gasteiger partial charge in [0.2, 0.25) is 5.91 Å². The first kappa shape index (κ1) is 11.5. The Bertz CT molecular complexity index is 390. The molecular weight excluding hydrogens is 224 g/mol. The first-order valence-corrected chi connectivity index (χ1v) is 6.17. The lowest BCUT2D eigenvalue weighted by atomic mass is 10.2. The summed E-state index contributed by atoms with van der Waals surface area (Å²) in [5.41, 5.74) is 6.44. The van der Waals surface area contributed by atoms with Crippen molar-refractivity contribution in [1.29, 1.82) is 0 Å². The van der Waals surface area contributed by atoms with Gasteiger partial charge < -0.3 is 16.0 Å². The fourth-order valence-corrected chi connectivity index (χ4v) is 2.79. The molecule has 0 bridgehead atoms. The molecule has 0 aliphatic carbocycles. The molecule has 6 heteroatoms. The van der Waals surface area contributed by atoms with Crippen molar-refractivity contribution < 1.29 is 4.79 Å². The Morgan fingerprint density at radius 2 is 2.50 bits per heavy atom. The van der Waals surface area contributed by atoms with Gasteiger partial charge in [-0.25, -0.2) is 4.98 Å². The van der Waals surface area contributed by atoms with Crippen molar-refractivity contribution >= 4 is 22.4 Å². The van der Waals surface area contributed by atoms with Crippen LogP contribution in [0.25, 0.3) is 0 Å². The number of anilines is 1. The van der Waals surface area contributed by atoms with E-state index < -0.39 is 0 Å². The summed E-state index contributed by atoms with van der Waals surface area (Å²) in [4.78, 5) is 19.3. The summed E-state index contributed by atoms with van der Waals surface area (Å²) < 4.78 is 0. The standard InChI is InChI=1S/C10H16N4OS/c1-14-5-3-7-8(6-14)16-10(12-7)13-9(15)2-4-11/h2-6,11H2,1H3,(H,12,13,15). The molecule has 1 amide bonds. The van der Waals surface area contributed by atoms with Crippen molar-refractivity contribution in [2.75, 3.05) is 25.5 Å². The number of hydrogen-bond acceptors (Lipinski definition) is 5. The lowest BCUT2D eigenvalue weighted by Gasteiger charge is -2.20. The number of carbonyl (C=O) groups excluding carboxylic acids is 1. The van der Waals surface area contributed by atoms with Crippen molar-refractivity contribution in [1.82, 2.24) is 9.88 Å². The van der Waals surface area contributed by atoms with Gasteiger partial charge in [0.25, 0.3) is 0 Å². The van der Waals surface area contributed by atoms with Gasteiger partial charge in [-0.3, -0.25) is 4.79 Å². The smallest absolute Gasteiger partial charge is 0.227 e. The molecule has 0 radical (unpaired) electrons. The van der Waals surface area contributed by atoms with Crippen molar-refractivity contribution in [2.24, 2.45) is 5.73 Å². The molecule has 0 saturated heterocycles. The molecule has 0 fully saturated rings. The number of nitrogens with zero attached hydrogens (tertiary/aromatic N) is 2. The zero-order valence-corrected chi connectivity index (χ0v) is 10.1. The Balaban J connectivity index is 2.04. The largest absolute Gasteiger partial charge is 0.330 e. The summed E-state index contributed by atoms with van der Waals surface area (Å²) in [6.07, 6.45) is 1.32. The van der Waals surface area contributed by atoms with Crippen LogP contribution in [0.15, 0.2) is 0 Å². The highest BCUT2D eigenvalue weighted by atomic mass is 32.1. The molecule has 16 heavy (non-hydrogen) atoms. The summed E-state index contributed by atoms with van der Waals surface area (Å²) >= 11 is 1.57. The Hall–Kier alpha value is -0.980. The maximum atomic E-state index is 11.4. The number of likely N-dealkylation sites (N-methyl/N-ethyl adjacent to an activating group) is 1. The van der Waals surface area contributed by atoms with Crippen LogP contribution < -0.4 is 11.1 Å². The van der Waals surface area contributed by atoms with Gasteiger partial charge in [0.1, 0.15) is 0 Å². The molecule has 0 spiro atoms. The van der Waals surface area contributed by atoms with E-state index in [1.165, 1.54) is 4.88 Å². The average molecular weight is 240 g/mol. The predicted molar refractivity (Wildman–Crippen MR) is 64.5 cm³/mol. The molecule has 5 nitrogen and oxygen atoms in total. The van der Waals surface area contributed by atoms with E-state index in [0.717, 1.165) is 25.2 Å². The molecule has 88 valence electrons. The fourth-order valence-electron chi connectivity index (χ4n) is 1.69. The number of hydrogen-bond donors (Lipinski definition) is 2. The minimum absolute atomic E-state index is 0.0537. The van der Waals surface area contributed by atoms with E-state index >= 15 is 0 Å². The van der Waals surface area contributed by atoms with Gasteiger partial charge in [-0.05, 0) is 7.05 Å². The maximum absolute atomic E-state index is 11.4. The van der Waals surface area contributed by atoms with Crippen LogP contribution in [0.1, 0.15) is 17.0 Å². The van der Waals surface area contributed by atoms with Crippen LogP contribution in [0.2, 0.25) is 0 Å². The number of rotatable bonds is 3. The fraction of sp³-hybridized carbons (Fsp3) is 0.600. The summed E-state index contributed by atoms with van der Waals surface area (Å²) in [5.74, 6) is -0.0537. The van der Waals surface area contributed by atoms with E-state index in [9.17, 15) is 4.79 Å². The van der Waals surface area contributed by atoms with Crippen molar-refractivity contribution in [3.8, 4) is 0 Å². The lowest BCUT2D eigenvalue weighted by Crippen LogP contribution is -2.25.